The zero-order valence-electron chi connectivity index (χ0n) is 13.1. The van der Waals surface area contributed by atoms with Gasteiger partial charge in [-0.15, -0.1) is 0 Å². The Morgan fingerprint density at radius 2 is 1.41 bits per heavy atom. The number of rotatable bonds is 6. The highest BCUT2D eigenvalue weighted by molar-refractivity contribution is 6.44. The van der Waals surface area contributed by atoms with Gasteiger partial charge in [0, 0.05) is 19.3 Å². The van der Waals surface area contributed by atoms with Gasteiger partial charge in [0.25, 0.3) is 0 Å². The van der Waals surface area contributed by atoms with Crippen LogP contribution in [0.2, 0.25) is 0 Å². The van der Waals surface area contributed by atoms with Crippen molar-refractivity contribution < 1.29 is 8.85 Å². The normalized spacial score (nSPS) is 11.6. The van der Waals surface area contributed by atoms with Gasteiger partial charge in [0.1, 0.15) is 0 Å². The van der Waals surface area contributed by atoms with E-state index in [0.717, 1.165) is 6.04 Å². The Kier molecular flexibility index (Phi) is 4.88. The highest BCUT2D eigenvalue weighted by Gasteiger charge is 2.17. The van der Waals surface area contributed by atoms with Gasteiger partial charge < -0.3 is 8.85 Å². The maximum atomic E-state index is 5.80. The lowest BCUT2D eigenvalue weighted by Gasteiger charge is -2.15. The molecule has 0 unspecified atom stereocenters. The van der Waals surface area contributed by atoms with Gasteiger partial charge in [0.2, 0.25) is 0 Å². The molecule has 0 aliphatic heterocycles. The maximum absolute atomic E-state index is 5.80. The Balaban J connectivity index is 2.03. The average Bonchev–Trinajstić information content (AvgIpc) is 2.54. The molecule has 0 heterocycles. The molecule has 0 fully saturated rings. The van der Waals surface area contributed by atoms with E-state index in [1.54, 1.807) is 0 Å². The van der Waals surface area contributed by atoms with Crippen LogP contribution in [0.3, 0.4) is 0 Å². The quantitative estimate of drug-likeness (QED) is 0.488. The second-order valence-corrected chi connectivity index (χ2v) is 6.93. The first-order valence-corrected chi connectivity index (χ1v) is 9.36. The van der Waals surface area contributed by atoms with Crippen LogP contribution in [0.4, 0.5) is 0 Å². The molecule has 3 heteroatoms. The number of fused-ring (bicyclic) bond motifs is 2. The Hall–Kier alpha value is -1.68. The van der Waals surface area contributed by atoms with Gasteiger partial charge >= 0.3 is 9.28 Å². The first kappa shape index (κ1) is 15.2. The summed E-state index contributed by atoms with van der Waals surface area (Å²) in [6.45, 7) is 5.48. The van der Waals surface area contributed by atoms with Crippen LogP contribution >= 0.6 is 0 Å². The molecule has 0 aromatic heterocycles. The Morgan fingerprint density at radius 3 is 2.09 bits per heavy atom. The van der Waals surface area contributed by atoms with Crippen LogP contribution in [0.5, 0.6) is 0 Å². The lowest BCUT2D eigenvalue weighted by atomic mass is 10.0. The number of hydrogen-bond acceptors (Lipinski definition) is 2. The summed E-state index contributed by atoms with van der Waals surface area (Å²) in [5, 5.41) is 5.16. The Labute approximate surface area is 133 Å². The molecule has 22 heavy (non-hydrogen) atoms. The third-order valence-corrected chi connectivity index (χ3v) is 5.67. The molecule has 3 aromatic rings. The second kappa shape index (κ2) is 7.05. The van der Waals surface area contributed by atoms with Gasteiger partial charge in [-0.2, -0.15) is 0 Å². The van der Waals surface area contributed by atoms with Crippen molar-refractivity contribution in [1.82, 2.24) is 0 Å². The minimum absolute atomic E-state index is 0.710. The van der Waals surface area contributed by atoms with Gasteiger partial charge in [0.05, 0.1) is 0 Å². The van der Waals surface area contributed by atoms with E-state index in [1.165, 1.54) is 27.1 Å². The fraction of sp³-hybridized carbons (Fsp3) is 0.263. The molecule has 2 nitrogen and oxygen atoms in total. The van der Waals surface area contributed by atoms with Crippen LogP contribution in [0.1, 0.15) is 19.4 Å². The van der Waals surface area contributed by atoms with E-state index >= 15 is 0 Å². The van der Waals surface area contributed by atoms with Gasteiger partial charge in [0.15, 0.2) is 0 Å². The Bertz CT molecular complexity index is 764. The van der Waals surface area contributed by atoms with Gasteiger partial charge in [-0.25, -0.2) is 0 Å². The summed E-state index contributed by atoms with van der Waals surface area (Å²) in [6.07, 6.45) is 0. The number of hydrogen-bond donors (Lipinski definition) is 0. The fourth-order valence-electron chi connectivity index (χ4n) is 2.81. The highest BCUT2D eigenvalue weighted by Crippen LogP contribution is 2.26. The lowest BCUT2D eigenvalue weighted by molar-refractivity contribution is 0.213. The second-order valence-electron chi connectivity index (χ2n) is 5.25. The van der Waals surface area contributed by atoms with Crippen molar-refractivity contribution >= 4 is 30.8 Å². The lowest BCUT2D eigenvalue weighted by Crippen LogP contribution is -2.26. The topological polar surface area (TPSA) is 18.5 Å². The molecular weight excluding hydrogens is 288 g/mol. The van der Waals surface area contributed by atoms with Crippen LogP contribution < -0.4 is 0 Å². The SMILES string of the molecule is CCO[Si](Cc1cccc2cc3ccccc3cc12)OCC. The molecule has 113 valence electrons. The van der Waals surface area contributed by atoms with E-state index in [0.29, 0.717) is 13.2 Å². The van der Waals surface area contributed by atoms with E-state index in [-0.39, 0.29) is 0 Å². The summed E-state index contributed by atoms with van der Waals surface area (Å²) in [4.78, 5) is 0. The zero-order valence-corrected chi connectivity index (χ0v) is 14.1. The molecular formula is C19H21O2Si. The van der Waals surface area contributed by atoms with E-state index in [2.05, 4.69) is 54.6 Å². The van der Waals surface area contributed by atoms with Crippen LogP contribution in [0, 0.1) is 0 Å². The summed E-state index contributed by atoms with van der Waals surface area (Å²) in [5.74, 6) is 0. The third-order valence-electron chi connectivity index (χ3n) is 3.78. The fourth-order valence-corrected chi connectivity index (χ4v) is 4.36. The smallest absolute Gasteiger partial charge is 0.389 e. The number of benzene rings is 3. The van der Waals surface area contributed by atoms with E-state index in [1.807, 2.05) is 13.8 Å². The molecule has 0 spiro atoms. The van der Waals surface area contributed by atoms with Crippen LogP contribution in [-0.4, -0.2) is 22.5 Å². The first-order valence-electron chi connectivity index (χ1n) is 7.83. The van der Waals surface area contributed by atoms with Crippen molar-refractivity contribution in [1.29, 1.82) is 0 Å². The molecule has 0 amide bonds. The Morgan fingerprint density at radius 1 is 0.773 bits per heavy atom. The molecule has 3 rings (SSSR count). The summed E-state index contributed by atoms with van der Waals surface area (Å²) in [6, 6.07) is 20.4. The molecule has 0 atom stereocenters. The summed E-state index contributed by atoms with van der Waals surface area (Å²) in [7, 11) is -1.24. The minimum atomic E-state index is -1.24. The minimum Gasteiger partial charge on any atom is -0.393 e. The predicted octanol–water partition coefficient (Wildman–Crippen LogP) is 4.64. The van der Waals surface area contributed by atoms with Gasteiger partial charge in [-0.05, 0) is 53.1 Å². The van der Waals surface area contributed by atoms with E-state index in [9.17, 15) is 0 Å². The molecule has 0 saturated carbocycles. The molecule has 0 aliphatic rings. The van der Waals surface area contributed by atoms with Gasteiger partial charge in [-0.1, -0.05) is 42.5 Å². The largest absolute Gasteiger partial charge is 0.393 e. The predicted molar refractivity (Wildman–Crippen MR) is 94.2 cm³/mol. The molecule has 3 aromatic carbocycles. The first-order chi connectivity index (χ1) is 10.8. The molecule has 0 N–H and O–H groups in total. The molecule has 0 saturated heterocycles. The van der Waals surface area contributed by atoms with Crippen molar-refractivity contribution in [2.24, 2.45) is 0 Å². The highest BCUT2D eigenvalue weighted by atomic mass is 28.3. The third kappa shape index (κ3) is 3.22. The van der Waals surface area contributed by atoms with Crippen molar-refractivity contribution in [2.75, 3.05) is 13.2 Å². The van der Waals surface area contributed by atoms with E-state index < -0.39 is 9.28 Å². The monoisotopic (exact) mass is 309 g/mol. The van der Waals surface area contributed by atoms with E-state index in [4.69, 9.17) is 8.85 Å². The van der Waals surface area contributed by atoms with Crippen LogP contribution in [0.25, 0.3) is 21.5 Å². The zero-order chi connectivity index (χ0) is 15.4. The maximum Gasteiger partial charge on any atom is 0.389 e. The summed E-state index contributed by atoms with van der Waals surface area (Å²) >= 11 is 0. The summed E-state index contributed by atoms with van der Waals surface area (Å²) in [5.41, 5.74) is 1.32. The van der Waals surface area contributed by atoms with Crippen LogP contribution in [-0.2, 0) is 14.9 Å². The van der Waals surface area contributed by atoms with Crippen molar-refractivity contribution in [3.63, 3.8) is 0 Å². The van der Waals surface area contributed by atoms with Crippen LogP contribution in [0.15, 0.2) is 54.6 Å². The van der Waals surface area contributed by atoms with Crippen molar-refractivity contribution in [2.45, 2.75) is 19.9 Å². The standard InChI is InChI=1S/C19H21O2Si/c1-3-20-22(21-4-2)14-18-11-7-10-17-12-15-8-5-6-9-16(15)13-19(17)18/h5-13H,3-4,14H2,1-2H3. The molecule has 1 radical (unpaired) electrons. The van der Waals surface area contributed by atoms with Crippen molar-refractivity contribution in [3.05, 3.63) is 60.2 Å². The molecule has 0 aliphatic carbocycles. The molecule has 0 bridgehead atoms. The van der Waals surface area contributed by atoms with Crippen molar-refractivity contribution in [3.8, 4) is 0 Å². The average molecular weight is 309 g/mol. The summed E-state index contributed by atoms with van der Waals surface area (Å²) < 4.78 is 11.6. The van der Waals surface area contributed by atoms with Gasteiger partial charge in [-0.3, -0.25) is 0 Å².